The van der Waals surface area contributed by atoms with Crippen molar-refractivity contribution in [3.8, 4) is 22.3 Å². The molecule has 0 aromatic heterocycles. The van der Waals surface area contributed by atoms with Crippen LogP contribution in [0.5, 0.6) is 0 Å². The van der Waals surface area contributed by atoms with Gasteiger partial charge in [0.2, 0.25) is 0 Å². The number of fused-ring (bicyclic) bond motifs is 7. The Morgan fingerprint density at radius 1 is 0.587 bits per heavy atom. The summed E-state index contributed by atoms with van der Waals surface area (Å²) in [5.41, 5.74) is 17.2. The molecule has 10 rings (SSSR count). The Bertz CT molecular complexity index is 2860. The van der Waals surface area contributed by atoms with Crippen molar-refractivity contribution in [2.24, 2.45) is 0 Å². The Morgan fingerprint density at radius 2 is 1.21 bits per heavy atom. The Balaban J connectivity index is 0.000000355. The second-order valence-corrected chi connectivity index (χ2v) is 20.2. The zero-order valence-corrected chi connectivity index (χ0v) is 42.5. The molecule has 0 nitrogen and oxygen atoms in total. The zero-order valence-electron chi connectivity index (χ0n) is 37.5. The molecule has 3 radical (unpaired) electrons. The second-order valence-electron chi connectivity index (χ2n) is 18.8. The number of hydrogen-bond acceptors (Lipinski definition) is 0. The Kier molecular flexibility index (Phi) is 15.2. The summed E-state index contributed by atoms with van der Waals surface area (Å²) in [7, 11) is 0.777. The Labute approximate surface area is 410 Å². The zero-order chi connectivity index (χ0) is 41.6. The summed E-state index contributed by atoms with van der Waals surface area (Å²) in [5.74, 6) is 0.230. The third-order valence-electron chi connectivity index (χ3n) is 12.5. The van der Waals surface area contributed by atoms with Gasteiger partial charge in [0.25, 0.3) is 0 Å². The van der Waals surface area contributed by atoms with Crippen LogP contribution in [0.3, 0.4) is 0 Å². The summed E-state index contributed by atoms with van der Waals surface area (Å²) in [6, 6.07) is 61.8. The van der Waals surface area contributed by atoms with E-state index in [0.717, 1.165) is 28.8 Å². The molecule has 0 spiro atoms. The van der Waals surface area contributed by atoms with Crippen LogP contribution < -0.4 is 35.2 Å². The van der Waals surface area contributed by atoms with Crippen molar-refractivity contribution in [1.82, 2.24) is 0 Å². The van der Waals surface area contributed by atoms with Crippen molar-refractivity contribution in [2.75, 3.05) is 0 Å². The van der Waals surface area contributed by atoms with E-state index >= 15 is 0 Å². The first kappa shape index (κ1) is 48.2. The summed E-state index contributed by atoms with van der Waals surface area (Å²) in [6.45, 7) is 16.4. The van der Waals surface area contributed by atoms with E-state index in [4.69, 9.17) is 0 Å². The summed E-state index contributed by atoms with van der Waals surface area (Å²) >= 11 is 0. The van der Waals surface area contributed by atoms with E-state index in [1.807, 2.05) is 0 Å². The van der Waals surface area contributed by atoms with Gasteiger partial charge in [-0.25, -0.2) is 0 Å². The second kappa shape index (κ2) is 19.8. The van der Waals surface area contributed by atoms with Gasteiger partial charge in [0.1, 0.15) is 9.52 Å². The maximum absolute atomic E-state index is 3.90. The van der Waals surface area contributed by atoms with Crippen molar-refractivity contribution in [3.63, 3.8) is 0 Å². The molecule has 1 atom stereocenters. The number of hydrogen-bond donors (Lipinski definition) is 0. The fourth-order valence-corrected chi connectivity index (χ4v) is 10.7. The monoisotopic (exact) mass is 951 g/mol. The SMILES string of the molecule is CCCC1=Cc2c(-c3cc4ccccc4c4ccccc34)cccc2C1c1c(C(C)(C)C)[c-]cc2c1Cc1cc(C(C)(C)C)ccc1-2.[Cl-].[Cl-].[Zr+3].c1ccc([Si]c2ccccc2)cc1. The first-order chi connectivity index (χ1) is 29.0. The fourth-order valence-electron chi connectivity index (χ4n) is 9.67. The minimum atomic E-state index is -0.0258. The quantitative estimate of drug-likeness (QED) is 0.0895. The van der Waals surface area contributed by atoms with Crippen LogP contribution in [0.4, 0.5) is 0 Å². The van der Waals surface area contributed by atoms with Crippen LogP contribution in [0.15, 0.2) is 163 Å². The van der Waals surface area contributed by atoms with Gasteiger partial charge in [-0.15, -0.1) is 16.7 Å². The van der Waals surface area contributed by atoms with Crippen LogP contribution >= 0.6 is 0 Å². The fraction of sp³-hybridized carbons (Fsp3) is 0.220. The van der Waals surface area contributed by atoms with Crippen LogP contribution in [0.1, 0.15) is 106 Å². The minimum absolute atomic E-state index is 0. The molecular weight excluding hydrogens is 899 g/mol. The van der Waals surface area contributed by atoms with E-state index in [0.29, 0.717) is 0 Å². The van der Waals surface area contributed by atoms with Gasteiger partial charge in [0.05, 0.1) is 0 Å². The molecule has 8 aromatic carbocycles. The summed E-state index contributed by atoms with van der Waals surface area (Å²) in [6.07, 6.45) is 5.77. The molecule has 0 amide bonds. The van der Waals surface area contributed by atoms with Crippen molar-refractivity contribution in [3.05, 3.63) is 208 Å². The molecule has 0 bridgehead atoms. The molecule has 0 fully saturated rings. The van der Waals surface area contributed by atoms with Gasteiger partial charge >= 0.3 is 26.2 Å². The normalized spacial score (nSPS) is 13.6. The van der Waals surface area contributed by atoms with Gasteiger partial charge in [-0.2, -0.15) is 17.7 Å². The minimum Gasteiger partial charge on any atom is -1.00 e. The molecule has 2 aliphatic carbocycles. The van der Waals surface area contributed by atoms with Crippen molar-refractivity contribution in [2.45, 2.75) is 84.5 Å². The van der Waals surface area contributed by atoms with Crippen LogP contribution in [0.2, 0.25) is 0 Å². The molecular formula is C59H55Cl2SiZr. The molecule has 8 aromatic rings. The largest absolute Gasteiger partial charge is 3.00 e. The molecule has 1 unspecified atom stereocenters. The third-order valence-corrected chi connectivity index (χ3v) is 13.8. The van der Waals surface area contributed by atoms with Crippen LogP contribution in [0.25, 0.3) is 49.9 Å². The van der Waals surface area contributed by atoms with Gasteiger partial charge < -0.3 is 24.8 Å². The van der Waals surface area contributed by atoms with E-state index in [-0.39, 0.29) is 67.8 Å². The molecule has 0 N–H and O–H groups in total. The molecule has 2 aliphatic rings. The van der Waals surface area contributed by atoms with Crippen LogP contribution in [-0.2, 0) is 43.5 Å². The van der Waals surface area contributed by atoms with E-state index in [9.17, 15) is 0 Å². The van der Waals surface area contributed by atoms with Crippen molar-refractivity contribution < 1.29 is 51.0 Å². The molecule has 0 saturated carbocycles. The number of benzene rings is 8. The Morgan fingerprint density at radius 3 is 1.84 bits per heavy atom. The van der Waals surface area contributed by atoms with E-state index < -0.39 is 0 Å². The summed E-state index contributed by atoms with van der Waals surface area (Å²) in [4.78, 5) is 0. The predicted molar refractivity (Wildman–Crippen MR) is 260 cm³/mol. The molecule has 313 valence electrons. The average Bonchev–Trinajstić information content (AvgIpc) is 3.81. The van der Waals surface area contributed by atoms with E-state index in [2.05, 4.69) is 218 Å². The van der Waals surface area contributed by atoms with E-state index in [1.165, 1.54) is 93.1 Å². The van der Waals surface area contributed by atoms with Gasteiger partial charge in [-0.1, -0.05) is 228 Å². The first-order valence-corrected chi connectivity index (χ1v) is 22.8. The molecule has 0 aliphatic heterocycles. The average molecular weight is 954 g/mol. The molecule has 0 saturated heterocycles. The summed E-state index contributed by atoms with van der Waals surface area (Å²) in [5, 5.41) is 8.05. The number of rotatable bonds is 6. The third kappa shape index (κ3) is 9.58. The van der Waals surface area contributed by atoms with Gasteiger partial charge in [0.15, 0.2) is 0 Å². The molecule has 63 heavy (non-hydrogen) atoms. The van der Waals surface area contributed by atoms with E-state index in [1.54, 1.807) is 5.57 Å². The van der Waals surface area contributed by atoms with Crippen LogP contribution in [-0.4, -0.2) is 9.52 Å². The smallest absolute Gasteiger partial charge is 1.00 e. The topological polar surface area (TPSA) is 0 Å². The van der Waals surface area contributed by atoms with Crippen molar-refractivity contribution >= 4 is 47.5 Å². The van der Waals surface area contributed by atoms with Crippen LogP contribution in [0, 0.1) is 6.07 Å². The number of halogens is 2. The Hall–Kier alpha value is -4.30. The van der Waals surface area contributed by atoms with Gasteiger partial charge in [0, 0.05) is 0 Å². The van der Waals surface area contributed by atoms with Gasteiger partial charge in [-0.3, -0.25) is 0 Å². The first-order valence-electron chi connectivity index (χ1n) is 21.8. The van der Waals surface area contributed by atoms with Crippen molar-refractivity contribution in [1.29, 1.82) is 0 Å². The predicted octanol–water partition coefficient (Wildman–Crippen LogP) is 8.30. The summed E-state index contributed by atoms with van der Waals surface area (Å²) < 4.78 is 0. The number of allylic oxidation sites excluding steroid dienone is 1. The molecule has 4 heteroatoms. The maximum Gasteiger partial charge on any atom is 3.00 e. The molecule has 0 heterocycles. The van der Waals surface area contributed by atoms with Gasteiger partial charge in [-0.05, 0) is 90.6 Å². The standard InChI is InChI=1S/C47H45.C12H10Si.2ClH.Zr/c1-8-14-30-27-41-37(40-26-29-15-9-10-16-33(29)35-17-11-12-18-36(35)40)19-13-20-39(41)44(30)45-42-28-31-25-32(46(2,3)4)21-22-34(31)38(42)23-24-43(45)47(5,6)7;1-3-7-11(8-4-1)13-12-9-5-2-6-10-12;;;/h9-13,15-23,25-27,44H,8,14,28H2,1-7H3;1-10H;2*1H;/q-1;;;;+3/p-2. The maximum atomic E-state index is 3.90.